The third kappa shape index (κ3) is 2.39. The highest BCUT2D eigenvalue weighted by molar-refractivity contribution is 5.51. The Bertz CT molecular complexity index is 336. The molecule has 1 saturated carbocycles. The van der Waals surface area contributed by atoms with Crippen molar-refractivity contribution in [2.75, 3.05) is 30.8 Å². The fourth-order valence-corrected chi connectivity index (χ4v) is 1.53. The monoisotopic (exact) mass is 207 g/mol. The van der Waals surface area contributed by atoms with Gasteiger partial charge >= 0.3 is 0 Å². The Morgan fingerprint density at radius 2 is 2.33 bits per heavy atom. The van der Waals surface area contributed by atoms with Gasteiger partial charge in [0, 0.05) is 37.0 Å². The highest BCUT2D eigenvalue weighted by Gasteiger charge is 2.41. The Morgan fingerprint density at radius 3 is 2.93 bits per heavy atom. The van der Waals surface area contributed by atoms with Crippen molar-refractivity contribution in [3.05, 3.63) is 18.3 Å². The highest BCUT2D eigenvalue weighted by Crippen LogP contribution is 2.44. The average Bonchev–Trinajstić information content (AvgIpc) is 3.07. The van der Waals surface area contributed by atoms with Crippen molar-refractivity contribution in [2.24, 2.45) is 5.41 Å². The minimum absolute atomic E-state index is 0.142. The van der Waals surface area contributed by atoms with Gasteiger partial charge < -0.3 is 15.7 Å². The molecule has 2 rings (SSSR count). The molecule has 0 saturated heterocycles. The molecule has 0 aromatic carbocycles. The van der Waals surface area contributed by atoms with E-state index in [2.05, 4.69) is 15.6 Å². The number of hydrogen-bond acceptors (Lipinski definition) is 4. The topological polar surface area (TPSA) is 57.2 Å². The van der Waals surface area contributed by atoms with E-state index in [0.717, 1.165) is 30.9 Å². The van der Waals surface area contributed by atoms with Crippen molar-refractivity contribution in [3.8, 4) is 0 Å². The Kier molecular flexibility index (Phi) is 2.77. The van der Waals surface area contributed by atoms with E-state index in [1.54, 1.807) is 6.20 Å². The van der Waals surface area contributed by atoms with E-state index in [1.165, 1.54) is 0 Å². The third-order valence-electron chi connectivity index (χ3n) is 2.98. The number of aromatic nitrogens is 1. The maximum Gasteiger partial charge on any atom is 0.127 e. The average molecular weight is 207 g/mol. The number of rotatable bonds is 5. The maximum atomic E-state index is 9.17. The predicted octanol–water partition coefficient (Wildman–Crippen LogP) is 1.31. The zero-order valence-corrected chi connectivity index (χ0v) is 8.95. The van der Waals surface area contributed by atoms with Crippen LogP contribution in [-0.4, -0.2) is 30.3 Å². The minimum Gasteiger partial charge on any atom is -0.396 e. The summed E-state index contributed by atoms with van der Waals surface area (Å²) in [6.07, 6.45) is 4.02. The van der Waals surface area contributed by atoms with Crippen molar-refractivity contribution in [2.45, 2.75) is 12.8 Å². The highest BCUT2D eigenvalue weighted by atomic mass is 16.3. The van der Waals surface area contributed by atoms with Gasteiger partial charge in [0.15, 0.2) is 0 Å². The number of hydrogen-bond donors (Lipinski definition) is 3. The lowest BCUT2D eigenvalue weighted by molar-refractivity contribution is 0.220. The number of pyridine rings is 1. The van der Waals surface area contributed by atoms with Gasteiger partial charge in [0.05, 0.1) is 6.61 Å². The third-order valence-corrected chi connectivity index (χ3v) is 2.98. The second-order valence-corrected chi connectivity index (χ2v) is 4.19. The quantitative estimate of drug-likeness (QED) is 0.681. The minimum atomic E-state index is 0.142. The van der Waals surface area contributed by atoms with Crippen LogP contribution < -0.4 is 10.6 Å². The van der Waals surface area contributed by atoms with Crippen LogP contribution in [0, 0.1) is 5.41 Å². The summed E-state index contributed by atoms with van der Waals surface area (Å²) in [5.74, 6) is 0.855. The SMILES string of the molecule is CNc1cc(NCC2(CO)CC2)ccn1. The molecule has 1 aliphatic rings. The van der Waals surface area contributed by atoms with Crippen molar-refractivity contribution in [1.82, 2.24) is 4.98 Å². The molecule has 1 aromatic heterocycles. The molecule has 0 unspecified atom stereocenters. The van der Waals surface area contributed by atoms with E-state index in [-0.39, 0.29) is 12.0 Å². The molecular weight excluding hydrogens is 190 g/mol. The lowest BCUT2D eigenvalue weighted by atomic mass is 10.1. The molecule has 0 aliphatic heterocycles. The maximum absolute atomic E-state index is 9.17. The molecule has 1 aliphatic carbocycles. The van der Waals surface area contributed by atoms with Crippen molar-refractivity contribution in [1.29, 1.82) is 0 Å². The molecule has 0 radical (unpaired) electrons. The summed E-state index contributed by atoms with van der Waals surface area (Å²) in [7, 11) is 1.85. The summed E-state index contributed by atoms with van der Waals surface area (Å²) in [6, 6.07) is 3.90. The summed E-state index contributed by atoms with van der Waals surface area (Å²) >= 11 is 0. The molecule has 15 heavy (non-hydrogen) atoms. The van der Waals surface area contributed by atoms with Gasteiger partial charge in [0.1, 0.15) is 5.82 Å². The van der Waals surface area contributed by atoms with E-state index in [1.807, 2.05) is 19.2 Å². The molecule has 1 heterocycles. The molecule has 0 amide bonds. The first-order chi connectivity index (χ1) is 7.28. The van der Waals surface area contributed by atoms with E-state index >= 15 is 0 Å². The Hall–Kier alpha value is -1.29. The molecule has 1 fully saturated rings. The number of aliphatic hydroxyl groups excluding tert-OH is 1. The van der Waals surface area contributed by atoms with Crippen LogP contribution in [0.4, 0.5) is 11.5 Å². The van der Waals surface area contributed by atoms with E-state index in [0.29, 0.717) is 0 Å². The van der Waals surface area contributed by atoms with E-state index in [4.69, 9.17) is 0 Å². The van der Waals surface area contributed by atoms with Crippen LogP contribution in [0.1, 0.15) is 12.8 Å². The van der Waals surface area contributed by atoms with E-state index < -0.39 is 0 Å². The van der Waals surface area contributed by atoms with Gasteiger partial charge in [-0.1, -0.05) is 0 Å². The predicted molar refractivity (Wildman–Crippen MR) is 61.0 cm³/mol. The van der Waals surface area contributed by atoms with Gasteiger partial charge in [-0.05, 0) is 18.9 Å². The number of anilines is 2. The lowest BCUT2D eigenvalue weighted by Gasteiger charge is -2.14. The van der Waals surface area contributed by atoms with Gasteiger partial charge in [-0.25, -0.2) is 4.98 Å². The van der Waals surface area contributed by atoms with Crippen LogP contribution >= 0.6 is 0 Å². The number of nitrogens with one attached hydrogen (secondary N) is 2. The molecule has 1 aromatic rings. The van der Waals surface area contributed by atoms with Crippen LogP contribution in [0.3, 0.4) is 0 Å². The molecule has 4 heteroatoms. The van der Waals surface area contributed by atoms with Crippen molar-refractivity contribution >= 4 is 11.5 Å². The summed E-state index contributed by atoms with van der Waals surface area (Å²) < 4.78 is 0. The first-order valence-corrected chi connectivity index (χ1v) is 5.27. The second kappa shape index (κ2) is 4.06. The molecule has 3 N–H and O–H groups in total. The molecule has 0 bridgehead atoms. The van der Waals surface area contributed by atoms with Crippen molar-refractivity contribution < 1.29 is 5.11 Å². The van der Waals surface area contributed by atoms with Crippen LogP contribution in [-0.2, 0) is 0 Å². The first kappa shape index (κ1) is 10.2. The molecule has 4 nitrogen and oxygen atoms in total. The van der Waals surface area contributed by atoms with Crippen molar-refractivity contribution in [3.63, 3.8) is 0 Å². The molecule has 0 spiro atoms. The fraction of sp³-hybridized carbons (Fsp3) is 0.545. The lowest BCUT2D eigenvalue weighted by Crippen LogP contribution is -2.19. The van der Waals surface area contributed by atoms with Gasteiger partial charge in [0.25, 0.3) is 0 Å². The first-order valence-electron chi connectivity index (χ1n) is 5.27. The Morgan fingerprint density at radius 1 is 1.53 bits per heavy atom. The van der Waals surface area contributed by atoms with Gasteiger partial charge in [-0.2, -0.15) is 0 Å². The van der Waals surface area contributed by atoms with E-state index in [9.17, 15) is 5.11 Å². The van der Waals surface area contributed by atoms with Gasteiger partial charge in [0.2, 0.25) is 0 Å². The number of aliphatic hydroxyl groups is 1. The standard InChI is InChI=1S/C11H17N3O/c1-12-10-6-9(2-5-13-10)14-7-11(8-15)3-4-11/h2,5-6,15H,3-4,7-8H2,1H3,(H2,12,13,14). The molecule has 0 atom stereocenters. The van der Waals surface area contributed by atoms with Crippen LogP contribution in [0.5, 0.6) is 0 Å². The van der Waals surface area contributed by atoms with Crippen LogP contribution in [0.25, 0.3) is 0 Å². The van der Waals surface area contributed by atoms with Gasteiger partial charge in [-0.15, -0.1) is 0 Å². The van der Waals surface area contributed by atoms with Gasteiger partial charge in [-0.3, -0.25) is 0 Å². The molecular formula is C11H17N3O. The molecule has 82 valence electrons. The smallest absolute Gasteiger partial charge is 0.127 e. The second-order valence-electron chi connectivity index (χ2n) is 4.19. The van der Waals surface area contributed by atoms with Crippen LogP contribution in [0.2, 0.25) is 0 Å². The summed E-state index contributed by atoms with van der Waals surface area (Å²) in [4.78, 5) is 4.14. The summed E-state index contributed by atoms with van der Waals surface area (Å²) in [6.45, 7) is 1.13. The largest absolute Gasteiger partial charge is 0.396 e. The van der Waals surface area contributed by atoms with Crippen LogP contribution in [0.15, 0.2) is 18.3 Å². The number of nitrogens with zero attached hydrogens (tertiary/aromatic N) is 1. The summed E-state index contributed by atoms with van der Waals surface area (Å²) in [5, 5.41) is 15.5. The fourth-order valence-electron chi connectivity index (χ4n) is 1.53. The zero-order valence-electron chi connectivity index (χ0n) is 8.95. The Labute approximate surface area is 89.7 Å². The zero-order chi connectivity index (χ0) is 10.7. The Balaban J connectivity index is 1.93. The summed E-state index contributed by atoms with van der Waals surface area (Å²) in [5.41, 5.74) is 1.19. The normalized spacial score (nSPS) is 17.2.